The van der Waals surface area contributed by atoms with Crippen LogP contribution in [0.3, 0.4) is 0 Å². The molecule has 0 spiro atoms. The van der Waals surface area contributed by atoms with Crippen LogP contribution in [0.2, 0.25) is 0 Å². The van der Waals surface area contributed by atoms with Gasteiger partial charge in [0.25, 0.3) is 0 Å². The molecule has 0 radical (unpaired) electrons. The van der Waals surface area contributed by atoms with Gasteiger partial charge in [-0.2, -0.15) is 0 Å². The van der Waals surface area contributed by atoms with Crippen LogP contribution in [0.15, 0.2) is 0 Å². The van der Waals surface area contributed by atoms with Crippen LogP contribution >= 0.6 is 0 Å². The van der Waals surface area contributed by atoms with Crippen molar-refractivity contribution in [2.75, 3.05) is 19.6 Å². The van der Waals surface area contributed by atoms with Gasteiger partial charge < -0.3 is 5.32 Å². The van der Waals surface area contributed by atoms with Crippen molar-refractivity contribution < 1.29 is 0 Å². The lowest BCUT2D eigenvalue weighted by Gasteiger charge is -2.22. The maximum atomic E-state index is 3.74. The number of nitrogens with one attached hydrogen (secondary N) is 1. The van der Waals surface area contributed by atoms with E-state index in [9.17, 15) is 0 Å². The smallest absolute Gasteiger partial charge is 0.0110 e. The highest BCUT2D eigenvalue weighted by Crippen LogP contribution is 2.33. The Balaban J connectivity index is 1.59. The second-order valence-corrected chi connectivity index (χ2v) is 5.17. The van der Waals surface area contributed by atoms with E-state index in [2.05, 4.69) is 24.1 Å². The third-order valence-electron chi connectivity index (χ3n) is 3.91. The summed E-state index contributed by atoms with van der Waals surface area (Å²) in [4.78, 5) is 2.63. The number of hydrogen-bond donors (Lipinski definition) is 1. The van der Waals surface area contributed by atoms with Crippen molar-refractivity contribution in [2.24, 2.45) is 5.92 Å². The van der Waals surface area contributed by atoms with Crippen LogP contribution in [0.5, 0.6) is 0 Å². The molecule has 2 aliphatic carbocycles. The lowest BCUT2D eigenvalue weighted by atomic mass is 10.1. The molecule has 2 fully saturated rings. The molecule has 0 aromatic rings. The van der Waals surface area contributed by atoms with Crippen LogP contribution < -0.4 is 5.32 Å². The summed E-state index contributed by atoms with van der Waals surface area (Å²) in [5.74, 6) is 1.01. The molecule has 88 valence electrons. The van der Waals surface area contributed by atoms with E-state index in [1.165, 1.54) is 51.7 Å². The molecule has 0 aromatic carbocycles. The monoisotopic (exact) mass is 210 g/mol. The van der Waals surface area contributed by atoms with Gasteiger partial charge in [-0.05, 0) is 44.6 Å². The van der Waals surface area contributed by atoms with Crippen LogP contribution in [-0.4, -0.2) is 36.6 Å². The lowest BCUT2D eigenvalue weighted by Crippen LogP contribution is -2.38. The molecule has 0 bridgehead atoms. The molecule has 15 heavy (non-hydrogen) atoms. The zero-order valence-electron chi connectivity index (χ0n) is 10.3. The molecule has 0 heterocycles. The van der Waals surface area contributed by atoms with Gasteiger partial charge in [-0.15, -0.1) is 0 Å². The Morgan fingerprint density at radius 3 is 2.40 bits per heavy atom. The van der Waals surface area contributed by atoms with Gasteiger partial charge in [0.1, 0.15) is 0 Å². The predicted molar refractivity (Wildman–Crippen MR) is 65.1 cm³/mol. The van der Waals surface area contributed by atoms with E-state index in [0.29, 0.717) is 0 Å². The Bertz CT molecular complexity index is 165. The van der Waals surface area contributed by atoms with Gasteiger partial charge in [0, 0.05) is 25.2 Å². The highest BCUT2D eigenvalue weighted by Gasteiger charge is 2.30. The summed E-state index contributed by atoms with van der Waals surface area (Å²) in [6, 6.07) is 1.74. The number of hydrogen-bond acceptors (Lipinski definition) is 2. The first-order chi connectivity index (χ1) is 7.35. The van der Waals surface area contributed by atoms with Crippen molar-refractivity contribution in [3.05, 3.63) is 0 Å². The predicted octanol–water partition coefficient (Wildman–Crippen LogP) is 2.25. The van der Waals surface area contributed by atoms with Crippen molar-refractivity contribution in [2.45, 2.75) is 58.0 Å². The Labute approximate surface area is 94.4 Å². The normalized spacial score (nSPS) is 23.4. The molecule has 2 heteroatoms. The lowest BCUT2D eigenvalue weighted by molar-refractivity contribution is 0.268. The standard InChI is InChI=1S/C13H26N2/c1-3-13(11-5-6-11)14-9-10-15(4-2)12-7-8-12/h11-14H,3-10H2,1-2H3. The molecule has 0 amide bonds. The second-order valence-electron chi connectivity index (χ2n) is 5.17. The maximum Gasteiger partial charge on any atom is 0.0110 e. The SMILES string of the molecule is CCC(NCCN(CC)C1CC1)C1CC1. The third kappa shape index (κ3) is 3.46. The first-order valence-electron chi connectivity index (χ1n) is 6.82. The first-order valence-corrected chi connectivity index (χ1v) is 6.82. The molecular formula is C13H26N2. The van der Waals surface area contributed by atoms with Crippen molar-refractivity contribution in [3.63, 3.8) is 0 Å². The summed E-state index contributed by atoms with van der Waals surface area (Å²) in [7, 11) is 0. The van der Waals surface area contributed by atoms with Gasteiger partial charge in [0.15, 0.2) is 0 Å². The first kappa shape index (κ1) is 11.4. The molecular weight excluding hydrogens is 184 g/mol. The average Bonchev–Trinajstić information content (AvgIpc) is 3.09. The summed E-state index contributed by atoms with van der Waals surface area (Å²) < 4.78 is 0. The van der Waals surface area contributed by atoms with Crippen molar-refractivity contribution >= 4 is 0 Å². The summed E-state index contributed by atoms with van der Waals surface area (Å²) in [5, 5.41) is 3.74. The largest absolute Gasteiger partial charge is 0.312 e. The van der Waals surface area contributed by atoms with Crippen LogP contribution in [0.1, 0.15) is 46.0 Å². The fraction of sp³-hybridized carbons (Fsp3) is 1.00. The summed E-state index contributed by atoms with van der Waals surface area (Å²) in [6.45, 7) is 8.28. The Hall–Kier alpha value is -0.0800. The topological polar surface area (TPSA) is 15.3 Å². The van der Waals surface area contributed by atoms with E-state index in [4.69, 9.17) is 0 Å². The molecule has 1 N–H and O–H groups in total. The van der Waals surface area contributed by atoms with Crippen molar-refractivity contribution in [1.82, 2.24) is 10.2 Å². The maximum absolute atomic E-state index is 3.74. The highest BCUT2D eigenvalue weighted by molar-refractivity contribution is 4.87. The molecule has 0 aromatic heterocycles. The van der Waals surface area contributed by atoms with E-state index in [0.717, 1.165) is 18.0 Å². The minimum atomic E-state index is 0.808. The third-order valence-corrected chi connectivity index (χ3v) is 3.91. The molecule has 1 atom stereocenters. The fourth-order valence-electron chi connectivity index (χ4n) is 2.58. The van der Waals surface area contributed by atoms with Crippen molar-refractivity contribution in [1.29, 1.82) is 0 Å². The summed E-state index contributed by atoms with van der Waals surface area (Å²) in [5.41, 5.74) is 0. The van der Waals surface area contributed by atoms with Crippen LogP contribution in [-0.2, 0) is 0 Å². The molecule has 2 saturated carbocycles. The number of likely N-dealkylation sites (N-methyl/N-ethyl adjacent to an activating group) is 1. The summed E-state index contributed by atoms with van der Waals surface area (Å²) in [6.07, 6.45) is 7.11. The van der Waals surface area contributed by atoms with E-state index >= 15 is 0 Å². The van der Waals surface area contributed by atoms with Gasteiger partial charge in [0.2, 0.25) is 0 Å². The van der Waals surface area contributed by atoms with Gasteiger partial charge in [-0.25, -0.2) is 0 Å². The van der Waals surface area contributed by atoms with Crippen LogP contribution in [0, 0.1) is 5.92 Å². The molecule has 2 aliphatic rings. The molecule has 1 unspecified atom stereocenters. The minimum absolute atomic E-state index is 0.808. The number of nitrogens with zero attached hydrogens (tertiary/aromatic N) is 1. The quantitative estimate of drug-likeness (QED) is 0.661. The molecule has 0 saturated heterocycles. The van der Waals surface area contributed by atoms with Gasteiger partial charge in [0.05, 0.1) is 0 Å². The van der Waals surface area contributed by atoms with Gasteiger partial charge in [-0.3, -0.25) is 4.90 Å². The van der Waals surface area contributed by atoms with E-state index in [1.54, 1.807) is 0 Å². The zero-order chi connectivity index (χ0) is 10.7. The second kappa shape index (κ2) is 5.31. The van der Waals surface area contributed by atoms with Crippen LogP contribution in [0.25, 0.3) is 0 Å². The number of rotatable bonds is 8. The average molecular weight is 210 g/mol. The zero-order valence-corrected chi connectivity index (χ0v) is 10.3. The highest BCUT2D eigenvalue weighted by atomic mass is 15.2. The Morgan fingerprint density at radius 2 is 1.93 bits per heavy atom. The Morgan fingerprint density at radius 1 is 1.20 bits per heavy atom. The minimum Gasteiger partial charge on any atom is -0.312 e. The van der Waals surface area contributed by atoms with E-state index < -0.39 is 0 Å². The van der Waals surface area contributed by atoms with Crippen LogP contribution in [0.4, 0.5) is 0 Å². The van der Waals surface area contributed by atoms with E-state index in [-0.39, 0.29) is 0 Å². The summed E-state index contributed by atoms with van der Waals surface area (Å²) >= 11 is 0. The molecule has 0 aliphatic heterocycles. The molecule has 2 nitrogen and oxygen atoms in total. The molecule has 2 rings (SSSR count). The van der Waals surface area contributed by atoms with Crippen molar-refractivity contribution in [3.8, 4) is 0 Å². The van der Waals surface area contributed by atoms with E-state index in [1.807, 2.05) is 0 Å². The van der Waals surface area contributed by atoms with Gasteiger partial charge >= 0.3 is 0 Å². The Kier molecular flexibility index (Phi) is 4.04. The van der Waals surface area contributed by atoms with Gasteiger partial charge in [-0.1, -0.05) is 13.8 Å². The fourth-order valence-corrected chi connectivity index (χ4v) is 2.58.